The summed E-state index contributed by atoms with van der Waals surface area (Å²) in [4.78, 5) is 30.6. The van der Waals surface area contributed by atoms with Gasteiger partial charge in [0.1, 0.15) is 5.76 Å². The molecule has 0 unspecified atom stereocenters. The second kappa shape index (κ2) is 6.26. The fourth-order valence-electron chi connectivity index (χ4n) is 3.94. The zero-order valence-electron chi connectivity index (χ0n) is 15.3. The molecule has 138 valence electrons. The van der Waals surface area contributed by atoms with Crippen LogP contribution in [-0.2, 0) is 13.6 Å². The van der Waals surface area contributed by atoms with Crippen LogP contribution in [0.4, 0.5) is 0 Å². The molecule has 0 bridgehead atoms. The van der Waals surface area contributed by atoms with Crippen LogP contribution in [0, 0.1) is 0 Å². The minimum atomic E-state index is -0.324. The number of imidazole rings is 1. The maximum absolute atomic E-state index is 13.2. The highest BCUT2D eigenvalue weighted by Gasteiger charge is 2.26. The Bertz CT molecular complexity index is 1060. The lowest BCUT2D eigenvalue weighted by molar-refractivity contribution is 0.368. The van der Waals surface area contributed by atoms with Gasteiger partial charge in [0.05, 0.1) is 19.1 Å². The van der Waals surface area contributed by atoms with Crippen molar-refractivity contribution in [3.05, 3.63) is 44.7 Å². The molecule has 0 spiro atoms. The van der Waals surface area contributed by atoms with Crippen molar-refractivity contribution in [3.63, 3.8) is 0 Å². The molecular weight excluding hydrogens is 334 g/mol. The molecule has 0 aliphatic heterocycles. The lowest BCUT2D eigenvalue weighted by Gasteiger charge is -2.17. The van der Waals surface area contributed by atoms with E-state index in [4.69, 9.17) is 4.52 Å². The molecule has 1 aliphatic carbocycles. The predicted octanol–water partition coefficient (Wildman–Crippen LogP) is 2.17. The lowest BCUT2D eigenvalue weighted by Crippen LogP contribution is -2.42. The number of aromatic nitrogens is 5. The smallest absolute Gasteiger partial charge is 0.333 e. The van der Waals surface area contributed by atoms with Gasteiger partial charge in [0.25, 0.3) is 5.56 Å². The molecule has 1 fully saturated rings. The van der Waals surface area contributed by atoms with Crippen LogP contribution >= 0.6 is 0 Å². The summed E-state index contributed by atoms with van der Waals surface area (Å²) in [5.74, 6) is 0.828. The third-order valence-electron chi connectivity index (χ3n) is 5.25. The number of hydrogen-bond donors (Lipinski definition) is 0. The molecule has 0 aromatic carbocycles. The first kappa shape index (κ1) is 16.8. The van der Waals surface area contributed by atoms with Crippen molar-refractivity contribution in [2.75, 3.05) is 0 Å². The van der Waals surface area contributed by atoms with E-state index in [9.17, 15) is 9.59 Å². The minimum Gasteiger partial charge on any atom is -0.361 e. The number of fused-ring (bicyclic) bond motifs is 1. The van der Waals surface area contributed by atoms with Crippen molar-refractivity contribution in [1.29, 1.82) is 0 Å². The van der Waals surface area contributed by atoms with Crippen LogP contribution in [-0.4, -0.2) is 23.8 Å². The minimum absolute atomic E-state index is 0.0961. The summed E-state index contributed by atoms with van der Waals surface area (Å²) in [6.45, 7) is 4.14. The second-order valence-electron chi connectivity index (χ2n) is 7.38. The van der Waals surface area contributed by atoms with Gasteiger partial charge in [0.15, 0.2) is 11.2 Å². The molecule has 1 saturated carbocycles. The molecule has 3 aromatic heterocycles. The quantitative estimate of drug-likeness (QED) is 0.714. The van der Waals surface area contributed by atoms with E-state index in [1.54, 1.807) is 28.7 Å². The number of hydrogen-bond acceptors (Lipinski definition) is 5. The third kappa shape index (κ3) is 2.51. The van der Waals surface area contributed by atoms with Gasteiger partial charge in [0, 0.05) is 24.6 Å². The highest BCUT2D eigenvalue weighted by molar-refractivity contribution is 5.70. The van der Waals surface area contributed by atoms with Crippen molar-refractivity contribution >= 4 is 11.2 Å². The Kier molecular flexibility index (Phi) is 4.05. The molecule has 0 atom stereocenters. The highest BCUT2D eigenvalue weighted by atomic mass is 16.5. The molecule has 0 amide bonds. The highest BCUT2D eigenvalue weighted by Crippen LogP contribution is 2.29. The van der Waals surface area contributed by atoms with Crippen LogP contribution in [0.2, 0.25) is 0 Å². The predicted molar refractivity (Wildman–Crippen MR) is 96.4 cm³/mol. The molecule has 0 radical (unpaired) electrons. The Morgan fingerprint density at radius 1 is 1.27 bits per heavy atom. The fourth-order valence-corrected chi connectivity index (χ4v) is 3.94. The van der Waals surface area contributed by atoms with E-state index < -0.39 is 0 Å². The number of nitrogens with zero attached hydrogens (tertiary/aromatic N) is 5. The van der Waals surface area contributed by atoms with E-state index >= 15 is 0 Å². The molecule has 26 heavy (non-hydrogen) atoms. The first-order chi connectivity index (χ1) is 12.5. The monoisotopic (exact) mass is 357 g/mol. The SMILES string of the molecule is CC(C)c1oncc1Cn1c(=O)c2c(ncn2C)n(C2CCCC2)c1=O. The van der Waals surface area contributed by atoms with Gasteiger partial charge in [0.2, 0.25) is 0 Å². The summed E-state index contributed by atoms with van der Waals surface area (Å²) in [5.41, 5.74) is 1.08. The average molecular weight is 357 g/mol. The van der Waals surface area contributed by atoms with Gasteiger partial charge >= 0.3 is 5.69 Å². The molecule has 8 heteroatoms. The Morgan fingerprint density at radius 3 is 2.69 bits per heavy atom. The second-order valence-corrected chi connectivity index (χ2v) is 7.38. The standard InChI is InChI=1S/C18H23N5O3/c1-11(2)15-12(8-20-26-15)9-22-17(24)14-16(19-10-21(14)3)23(18(22)25)13-6-4-5-7-13/h8,10-11,13H,4-7,9H2,1-3H3. The Morgan fingerprint density at radius 2 is 2.00 bits per heavy atom. The molecule has 1 aliphatic rings. The Balaban J connectivity index is 1.94. The fraction of sp³-hybridized carbons (Fsp3) is 0.556. The summed E-state index contributed by atoms with van der Waals surface area (Å²) in [6.07, 6.45) is 7.25. The Hall–Kier alpha value is -2.64. The topological polar surface area (TPSA) is 87.8 Å². The lowest BCUT2D eigenvalue weighted by atomic mass is 10.1. The third-order valence-corrected chi connectivity index (χ3v) is 5.25. The zero-order valence-corrected chi connectivity index (χ0v) is 15.3. The molecule has 0 saturated heterocycles. The average Bonchev–Trinajstić information content (AvgIpc) is 3.33. The maximum Gasteiger partial charge on any atom is 0.333 e. The van der Waals surface area contributed by atoms with E-state index in [0.717, 1.165) is 31.2 Å². The normalized spacial score (nSPS) is 15.5. The van der Waals surface area contributed by atoms with Crippen molar-refractivity contribution in [1.82, 2.24) is 23.8 Å². The largest absolute Gasteiger partial charge is 0.361 e. The molecule has 0 N–H and O–H groups in total. The first-order valence-electron chi connectivity index (χ1n) is 9.08. The van der Waals surface area contributed by atoms with Crippen molar-refractivity contribution in [3.8, 4) is 0 Å². The van der Waals surface area contributed by atoms with Crippen molar-refractivity contribution in [2.45, 2.75) is 58.0 Å². The van der Waals surface area contributed by atoms with Gasteiger partial charge in [-0.25, -0.2) is 9.78 Å². The van der Waals surface area contributed by atoms with Crippen LogP contribution < -0.4 is 11.2 Å². The zero-order chi connectivity index (χ0) is 18.4. The van der Waals surface area contributed by atoms with Gasteiger partial charge in [-0.2, -0.15) is 0 Å². The summed E-state index contributed by atoms with van der Waals surface area (Å²) in [7, 11) is 1.78. The van der Waals surface area contributed by atoms with Gasteiger partial charge in [-0.3, -0.25) is 13.9 Å². The summed E-state index contributed by atoms with van der Waals surface area (Å²) < 4.78 is 10.0. The molecule has 3 heterocycles. The maximum atomic E-state index is 13.2. The van der Waals surface area contributed by atoms with Crippen molar-refractivity contribution in [2.24, 2.45) is 7.05 Å². The van der Waals surface area contributed by atoms with Crippen LogP contribution in [0.15, 0.2) is 26.6 Å². The van der Waals surface area contributed by atoms with Gasteiger partial charge < -0.3 is 9.09 Å². The number of rotatable bonds is 4. The summed E-state index contributed by atoms with van der Waals surface area (Å²) in [6, 6.07) is 0.0961. The van der Waals surface area contributed by atoms with Crippen molar-refractivity contribution < 1.29 is 4.52 Å². The van der Waals surface area contributed by atoms with E-state index in [2.05, 4.69) is 10.1 Å². The van der Waals surface area contributed by atoms with Crippen LogP contribution in [0.1, 0.15) is 62.8 Å². The summed E-state index contributed by atoms with van der Waals surface area (Å²) in [5, 5.41) is 3.85. The molecule has 3 aromatic rings. The molecular formula is C18H23N5O3. The van der Waals surface area contributed by atoms with E-state index in [1.807, 2.05) is 13.8 Å². The van der Waals surface area contributed by atoms with Crippen LogP contribution in [0.5, 0.6) is 0 Å². The molecule has 8 nitrogen and oxygen atoms in total. The van der Waals surface area contributed by atoms with E-state index in [1.165, 1.54) is 4.57 Å². The Labute approximate surface area is 150 Å². The van der Waals surface area contributed by atoms with Crippen LogP contribution in [0.25, 0.3) is 11.2 Å². The summed E-state index contributed by atoms with van der Waals surface area (Å²) >= 11 is 0. The number of aryl methyl sites for hydroxylation is 1. The first-order valence-corrected chi connectivity index (χ1v) is 9.08. The van der Waals surface area contributed by atoms with Gasteiger partial charge in [-0.15, -0.1) is 0 Å². The van der Waals surface area contributed by atoms with Gasteiger partial charge in [-0.1, -0.05) is 31.8 Å². The molecule has 4 rings (SSSR count). The van der Waals surface area contributed by atoms with Gasteiger partial charge in [-0.05, 0) is 12.8 Å². The van der Waals surface area contributed by atoms with Crippen LogP contribution in [0.3, 0.4) is 0 Å². The van der Waals surface area contributed by atoms with E-state index in [-0.39, 0.29) is 29.8 Å². The van der Waals surface area contributed by atoms with E-state index in [0.29, 0.717) is 16.9 Å².